The van der Waals surface area contributed by atoms with Crippen molar-refractivity contribution in [2.75, 3.05) is 18.1 Å². The topological polar surface area (TPSA) is 68.0 Å². The second-order valence-corrected chi connectivity index (χ2v) is 5.70. The number of anilines is 1. The summed E-state index contributed by atoms with van der Waals surface area (Å²) >= 11 is 4.84. The molecule has 0 aliphatic carbocycles. The van der Waals surface area contributed by atoms with Crippen LogP contribution in [-0.2, 0) is 10.8 Å². The first-order valence-electron chi connectivity index (χ1n) is 4.83. The van der Waals surface area contributed by atoms with Gasteiger partial charge >= 0.3 is 0 Å². The molecule has 2 atom stereocenters. The van der Waals surface area contributed by atoms with Gasteiger partial charge in [-0.3, -0.25) is 4.21 Å². The predicted octanol–water partition coefficient (Wildman–Crippen LogP) is 0.895. The molecule has 88 valence electrons. The maximum Gasteiger partial charge on any atom is 0.126 e. The molecule has 0 aliphatic heterocycles. The standard InChI is InChI=1S/C10H15N3OS2/c1-7(16(2)14)6-12-9-5-3-4-8(13-9)10(11)15/h3-5,7H,6H2,1-2H3,(H2,11,15)(H,12,13). The van der Waals surface area contributed by atoms with E-state index in [1.54, 1.807) is 12.3 Å². The minimum Gasteiger partial charge on any atom is -0.388 e. The van der Waals surface area contributed by atoms with Gasteiger partial charge < -0.3 is 11.1 Å². The van der Waals surface area contributed by atoms with E-state index in [0.29, 0.717) is 18.1 Å². The van der Waals surface area contributed by atoms with Crippen molar-refractivity contribution in [1.29, 1.82) is 0 Å². The summed E-state index contributed by atoms with van der Waals surface area (Å²) in [4.78, 5) is 4.50. The molecule has 3 N–H and O–H groups in total. The molecule has 1 heterocycles. The van der Waals surface area contributed by atoms with Crippen LogP contribution in [-0.4, -0.2) is 32.2 Å². The minimum atomic E-state index is -0.839. The molecule has 0 spiro atoms. The largest absolute Gasteiger partial charge is 0.388 e. The Hall–Kier alpha value is -1.01. The maximum atomic E-state index is 11.2. The van der Waals surface area contributed by atoms with Crippen molar-refractivity contribution in [3.8, 4) is 0 Å². The molecule has 6 heteroatoms. The molecule has 1 aromatic rings. The smallest absolute Gasteiger partial charge is 0.126 e. The highest BCUT2D eigenvalue weighted by Crippen LogP contribution is 2.05. The third-order valence-corrected chi connectivity index (χ3v) is 3.65. The lowest BCUT2D eigenvalue weighted by molar-refractivity contribution is 0.679. The van der Waals surface area contributed by atoms with Gasteiger partial charge in [-0.2, -0.15) is 0 Å². The first-order chi connectivity index (χ1) is 7.50. The van der Waals surface area contributed by atoms with Crippen LogP contribution in [0.15, 0.2) is 18.2 Å². The average molecular weight is 257 g/mol. The number of pyridine rings is 1. The number of aromatic nitrogens is 1. The van der Waals surface area contributed by atoms with Gasteiger partial charge in [0, 0.05) is 28.9 Å². The number of rotatable bonds is 5. The van der Waals surface area contributed by atoms with Crippen LogP contribution < -0.4 is 11.1 Å². The maximum absolute atomic E-state index is 11.2. The zero-order chi connectivity index (χ0) is 12.1. The molecule has 16 heavy (non-hydrogen) atoms. The second-order valence-electron chi connectivity index (χ2n) is 3.46. The highest BCUT2D eigenvalue weighted by Gasteiger charge is 2.06. The van der Waals surface area contributed by atoms with Crippen molar-refractivity contribution < 1.29 is 4.21 Å². The molecule has 0 saturated carbocycles. The molecule has 0 aliphatic rings. The monoisotopic (exact) mass is 257 g/mol. The summed E-state index contributed by atoms with van der Waals surface area (Å²) in [7, 11) is -0.839. The van der Waals surface area contributed by atoms with Gasteiger partial charge in [-0.1, -0.05) is 18.3 Å². The molecule has 0 aromatic carbocycles. The summed E-state index contributed by atoms with van der Waals surface area (Å²) in [5, 5.41) is 3.18. The van der Waals surface area contributed by atoms with Crippen LogP contribution >= 0.6 is 12.2 Å². The van der Waals surface area contributed by atoms with Gasteiger partial charge in [0.15, 0.2) is 0 Å². The number of nitrogens with one attached hydrogen (secondary N) is 1. The van der Waals surface area contributed by atoms with Gasteiger partial charge in [-0.25, -0.2) is 4.98 Å². The Morgan fingerprint density at radius 1 is 1.69 bits per heavy atom. The Bertz CT molecular complexity index is 409. The van der Waals surface area contributed by atoms with E-state index in [-0.39, 0.29) is 10.2 Å². The molecular formula is C10H15N3OS2. The van der Waals surface area contributed by atoms with Crippen molar-refractivity contribution in [2.24, 2.45) is 5.73 Å². The molecular weight excluding hydrogens is 242 g/mol. The Morgan fingerprint density at radius 3 is 2.94 bits per heavy atom. The van der Waals surface area contributed by atoms with Crippen molar-refractivity contribution in [3.63, 3.8) is 0 Å². The summed E-state index contributed by atoms with van der Waals surface area (Å²) in [5.74, 6) is 0.697. The molecule has 1 rings (SSSR count). The van der Waals surface area contributed by atoms with Gasteiger partial charge in [0.25, 0.3) is 0 Å². The van der Waals surface area contributed by atoms with E-state index in [2.05, 4.69) is 10.3 Å². The van der Waals surface area contributed by atoms with Crippen molar-refractivity contribution >= 4 is 33.8 Å². The molecule has 0 amide bonds. The fourth-order valence-electron chi connectivity index (χ4n) is 1.04. The van der Waals surface area contributed by atoms with Crippen LogP contribution in [0.1, 0.15) is 12.6 Å². The van der Waals surface area contributed by atoms with Crippen LogP contribution in [0, 0.1) is 0 Å². The summed E-state index contributed by atoms with van der Waals surface area (Å²) in [6.45, 7) is 2.53. The lowest BCUT2D eigenvalue weighted by Crippen LogP contribution is -2.21. The van der Waals surface area contributed by atoms with Crippen LogP contribution in [0.3, 0.4) is 0 Å². The zero-order valence-electron chi connectivity index (χ0n) is 9.27. The van der Waals surface area contributed by atoms with E-state index in [4.69, 9.17) is 18.0 Å². The quantitative estimate of drug-likeness (QED) is 0.767. The number of nitrogens with zero attached hydrogens (tertiary/aromatic N) is 1. The van der Waals surface area contributed by atoms with Crippen molar-refractivity contribution in [1.82, 2.24) is 4.98 Å². The van der Waals surface area contributed by atoms with E-state index in [1.165, 1.54) is 0 Å². The van der Waals surface area contributed by atoms with E-state index >= 15 is 0 Å². The highest BCUT2D eigenvalue weighted by molar-refractivity contribution is 7.84. The Kier molecular flexibility index (Phi) is 4.82. The van der Waals surface area contributed by atoms with Crippen LogP contribution in [0.25, 0.3) is 0 Å². The Balaban J connectivity index is 2.64. The third kappa shape index (κ3) is 3.86. The van der Waals surface area contributed by atoms with Crippen LogP contribution in [0.4, 0.5) is 5.82 Å². The van der Waals surface area contributed by atoms with Gasteiger partial charge in [-0.15, -0.1) is 0 Å². The Labute approximate surface area is 103 Å². The lowest BCUT2D eigenvalue weighted by Gasteiger charge is -2.10. The summed E-state index contributed by atoms with van der Waals surface area (Å²) in [6, 6.07) is 5.42. The van der Waals surface area contributed by atoms with Gasteiger partial charge in [0.1, 0.15) is 10.8 Å². The van der Waals surface area contributed by atoms with Gasteiger partial charge in [0.05, 0.1) is 5.69 Å². The molecule has 4 nitrogen and oxygen atoms in total. The molecule has 1 aromatic heterocycles. The van der Waals surface area contributed by atoms with E-state index in [0.717, 1.165) is 0 Å². The minimum absolute atomic E-state index is 0.0790. The average Bonchev–Trinajstić information content (AvgIpc) is 2.26. The first-order valence-corrected chi connectivity index (χ1v) is 6.86. The second kappa shape index (κ2) is 5.91. The first kappa shape index (κ1) is 13.1. The van der Waals surface area contributed by atoms with Gasteiger partial charge in [-0.05, 0) is 19.1 Å². The fourth-order valence-corrected chi connectivity index (χ4v) is 1.47. The predicted molar refractivity (Wildman–Crippen MR) is 72.1 cm³/mol. The molecule has 2 unspecified atom stereocenters. The fraction of sp³-hybridized carbons (Fsp3) is 0.400. The Morgan fingerprint density at radius 2 is 2.38 bits per heavy atom. The molecule has 0 bridgehead atoms. The number of nitrogens with two attached hydrogens (primary N) is 1. The van der Waals surface area contributed by atoms with Crippen LogP contribution in [0.5, 0.6) is 0 Å². The van der Waals surface area contributed by atoms with Crippen LogP contribution in [0.2, 0.25) is 0 Å². The van der Waals surface area contributed by atoms with E-state index in [1.807, 2.05) is 19.1 Å². The van der Waals surface area contributed by atoms with E-state index < -0.39 is 10.8 Å². The summed E-state index contributed by atoms with van der Waals surface area (Å²) in [5.41, 5.74) is 6.07. The summed E-state index contributed by atoms with van der Waals surface area (Å²) in [6.07, 6.45) is 1.69. The number of hydrogen-bond donors (Lipinski definition) is 2. The highest BCUT2D eigenvalue weighted by atomic mass is 32.2. The molecule has 0 saturated heterocycles. The normalized spacial score (nSPS) is 14.1. The molecule has 0 radical (unpaired) electrons. The number of thiocarbonyl (C=S) groups is 1. The molecule has 0 fully saturated rings. The third-order valence-electron chi connectivity index (χ3n) is 2.14. The van der Waals surface area contributed by atoms with Crippen molar-refractivity contribution in [2.45, 2.75) is 12.2 Å². The lowest BCUT2D eigenvalue weighted by atomic mass is 10.3. The zero-order valence-corrected chi connectivity index (χ0v) is 10.9. The number of hydrogen-bond acceptors (Lipinski definition) is 4. The summed E-state index contributed by atoms with van der Waals surface area (Å²) < 4.78 is 11.2. The van der Waals surface area contributed by atoms with Gasteiger partial charge in [0.2, 0.25) is 0 Å². The SMILES string of the molecule is CC(CNc1cccc(C(N)=S)n1)S(C)=O. The van der Waals surface area contributed by atoms with E-state index in [9.17, 15) is 4.21 Å². The van der Waals surface area contributed by atoms with Crippen molar-refractivity contribution in [3.05, 3.63) is 23.9 Å².